The Balaban J connectivity index is 1.75. The SMILES string of the molecule is Cc1cc(C)c(C)c(O[C@@H](C)C(=O)N[C@@H]2CC(C)(C)Oc3ccccc32)c1. The van der Waals surface area contributed by atoms with E-state index in [2.05, 4.69) is 18.3 Å². The van der Waals surface area contributed by atoms with E-state index >= 15 is 0 Å². The zero-order chi connectivity index (χ0) is 19.8. The number of para-hydroxylation sites is 1. The average Bonchev–Trinajstić information content (AvgIpc) is 2.58. The largest absolute Gasteiger partial charge is 0.487 e. The summed E-state index contributed by atoms with van der Waals surface area (Å²) in [5.74, 6) is 1.48. The van der Waals surface area contributed by atoms with E-state index < -0.39 is 6.10 Å². The van der Waals surface area contributed by atoms with Gasteiger partial charge in [-0.3, -0.25) is 4.79 Å². The summed E-state index contributed by atoms with van der Waals surface area (Å²) in [7, 11) is 0. The zero-order valence-electron chi connectivity index (χ0n) is 17.1. The molecule has 27 heavy (non-hydrogen) atoms. The molecule has 2 aromatic rings. The Morgan fingerprint density at radius 1 is 1.22 bits per heavy atom. The quantitative estimate of drug-likeness (QED) is 0.844. The van der Waals surface area contributed by atoms with Crippen LogP contribution < -0.4 is 14.8 Å². The topological polar surface area (TPSA) is 47.6 Å². The van der Waals surface area contributed by atoms with Gasteiger partial charge in [-0.1, -0.05) is 24.3 Å². The molecule has 4 nitrogen and oxygen atoms in total. The Hall–Kier alpha value is -2.49. The molecule has 0 saturated carbocycles. The number of fused-ring (bicyclic) bond motifs is 1. The molecule has 0 bridgehead atoms. The summed E-state index contributed by atoms with van der Waals surface area (Å²) in [5, 5.41) is 3.16. The highest BCUT2D eigenvalue weighted by molar-refractivity contribution is 5.81. The molecule has 1 amide bonds. The zero-order valence-corrected chi connectivity index (χ0v) is 17.1. The molecule has 1 aliphatic heterocycles. The number of rotatable bonds is 4. The molecule has 0 radical (unpaired) electrons. The lowest BCUT2D eigenvalue weighted by Crippen LogP contribution is -2.44. The minimum absolute atomic E-state index is 0.0937. The molecule has 0 fully saturated rings. The summed E-state index contributed by atoms with van der Waals surface area (Å²) in [5.41, 5.74) is 4.04. The van der Waals surface area contributed by atoms with Crippen molar-refractivity contribution in [2.75, 3.05) is 0 Å². The summed E-state index contributed by atoms with van der Waals surface area (Å²) in [6.07, 6.45) is 0.133. The van der Waals surface area contributed by atoms with E-state index in [9.17, 15) is 4.79 Å². The fraction of sp³-hybridized carbons (Fsp3) is 0.435. The summed E-state index contributed by atoms with van der Waals surface area (Å²) in [4.78, 5) is 12.8. The van der Waals surface area contributed by atoms with E-state index in [4.69, 9.17) is 9.47 Å². The van der Waals surface area contributed by atoms with Gasteiger partial charge in [0.15, 0.2) is 6.10 Å². The number of carbonyl (C=O) groups excluding carboxylic acids is 1. The monoisotopic (exact) mass is 367 g/mol. The lowest BCUT2D eigenvalue weighted by Gasteiger charge is -2.38. The van der Waals surface area contributed by atoms with Crippen LogP contribution in [0.3, 0.4) is 0 Å². The average molecular weight is 367 g/mol. The molecule has 144 valence electrons. The summed E-state index contributed by atoms with van der Waals surface area (Å²) in [6, 6.07) is 11.9. The Morgan fingerprint density at radius 2 is 1.93 bits per heavy atom. The van der Waals surface area contributed by atoms with Crippen LogP contribution >= 0.6 is 0 Å². The predicted molar refractivity (Wildman–Crippen MR) is 107 cm³/mol. The van der Waals surface area contributed by atoms with Crippen molar-refractivity contribution in [3.05, 3.63) is 58.7 Å². The number of ether oxygens (including phenoxy) is 2. The third-order valence-corrected chi connectivity index (χ3v) is 5.13. The molecule has 0 spiro atoms. The van der Waals surface area contributed by atoms with Gasteiger partial charge in [-0.25, -0.2) is 0 Å². The molecule has 1 aliphatic rings. The molecular weight excluding hydrogens is 338 g/mol. The van der Waals surface area contributed by atoms with Crippen molar-refractivity contribution in [3.8, 4) is 11.5 Å². The molecule has 1 heterocycles. The van der Waals surface area contributed by atoms with E-state index in [1.807, 2.05) is 58.0 Å². The predicted octanol–water partition coefficient (Wildman–Crippen LogP) is 4.80. The van der Waals surface area contributed by atoms with E-state index in [0.717, 1.165) is 33.8 Å². The van der Waals surface area contributed by atoms with Gasteiger partial charge in [0.25, 0.3) is 5.91 Å². The molecule has 0 aromatic heterocycles. The van der Waals surface area contributed by atoms with Crippen LogP contribution in [0.1, 0.15) is 55.5 Å². The van der Waals surface area contributed by atoms with Gasteiger partial charge in [-0.2, -0.15) is 0 Å². The molecule has 3 rings (SSSR count). The van der Waals surface area contributed by atoms with Crippen molar-refractivity contribution < 1.29 is 14.3 Å². The van der Waals surface area contributed by atoms with Gasteiger partial charge in [0.1, 0.15) is 17.1 Å². The van der Waals surface area contributed by atoms with Crippen LogP contribution in [0.5, 0.6) is 11.5 Å². The van der Waals surface area contributed by atoms with Crippen LogP contribution in [-0.4, -0.2) is 17.6 Å². The number of benzene rings is 2. The second-order valence-electron chi connectivity index (χ2n) is 8.13. The fourth-order valence-corrected chi connectivity index (χ4v) is 3.59. The lowest BCUT2D eigenvalue weighted by atomic mass is 9.89. The Labute approximate surface area is 161 Å². The van der Waals surface area contributed by atoms with E-state index in [1.165, 1.54) is 0 Å². The van der Waals surface area contributed by atoms with Gasteiger partial charge in [0, 0.05) is 12.0 Å². The summed E-state index contributed by atoms with van der Waals surface area (Å²) in [6.45, 7) is 12.0. The molecule has 2 atom stereocenters. The molecule has 0 unspecified atom stereocenters. The lowest BCUT2D eigenvalue weighted by molar-refractivity contribution is -0.128. The van der Waals surface area contributed by atoms with Gasteiger partial charge in [-0.15, -0.1) is 0 Å². The van der Waals surface area contributed by atoms with Crippen LogP contribution in [-0.2, 0) is 4.79 Å². The van der Waals surface area contributed by atoms with Crippen LogP contribution in [0.4, 0.5) is 0 Å². The first kappa shape index (κ1) is 19.3. The maximum atomic E-state index is 12.8. The Kier molecular flexibility index (Phi) is 5.18. The third-order valence-electron chi connectivity index (χ3n) is 5.13. The van der Waals surface area contributed by atoms with Gasteiger partial charge < -0.3 is 14.8 Å². The van der Waals surface area contributed by atoms with Crippen molar-refractivity contribution in [3.63, 3.8) is 0 Å². The molecule has 4 heteroatoms. The van der Waals surface area contributed by atoms with Gasteiger partial charge in [-0.05, 0) is 70.4 Å². The molecule has 1 N–H and O–H groups in total. The van der Waals surface area contributed by atoms with Crippen LogP contribution in [0.25, 0.3) is 0 Å². The minimum Gasteiger partial charge on any atom is -0.487 e. The van der Waals surface area contributed by atoms with Crippen LogP contribution in [0.2, 0.25) is 0 Å². The standard InChI is InChI=1S/C23H29NO3/c1-14-11-15(2)16(3)21(12-14)26-17(4)22(25)24-19-13-23(5,6)27-20-10-8-7-9-18(19)20/h7-12,17,19H,13H2,1-6H3,(H,24,25)/t17-,19+/m0/s1. The Morgan fingerprint density at radius 3 is 2.67 bits per heavy atom. The number of amides is 1. The molecule has 2 aromatic carbocycles. The van der Waals surface area contributed by atoms with Crippen molar-refractivity contribution in [2.45, 2.75) is 65.7 Å². The normalized spacial score (nSPS) is 18.8. The van der Waals surface area contributed by atoms with Crippen molar-refractivity contribution >= 4 is 5.91 Å². The first-order chi connectivity index (χ1) is 12.7. The van der Waals surface area contributed by atoms with Gasteiger partial charge >= 0.3 is 0 Å². The van der Waals surface area contributed by atoms with Crippen molar-refractivity contribution in [1.82, 2.24) is 5.32 Å². The number of hydrogen-bond acceptors (Lipinski definition) is 3. The fourth-order valence-electron chi connectivity index (χ4n) is 3.59. The highest BCUT2D eigenvalue weighted by atomic mass is 16.5. The maximum Gasteiger partial charge on any atom is 0.261 e. The first-order valence-electron chi connectivity index (χ1n) is 9.49. The Bertz CT molecular complexity index is 857. The molecular formula is C23H29NO3. The molecule has 0 aliphatic carbocycles. The van der Waals surface area contributed by atoms with Crippen LogP contribution in [0.15, 0.2) is 36.4 Å². The third kappa shape index (κ3) is 4.26. The second-order valence-corrected chi connectivity index (χ2v) is 8.13. The summed E-state index contributed by atoms with van der Waals surface area (Å²) >= 11 is 0. The highest BCUT2D eigenvalue weighted by Gasteiger charge is 2.35. The van der Waals surface area contributed by atoms with E-state index in [0.29, 0.717) is 6.42 Å². The number of hydrogen-bond donors (Lipinski definition) is 1. The number of carbonyl (C=O) groups is 1. The van der Waals surface area contributed by atoms with Gasteiger partial charge in [0.05, 0.1) is 6.04 Å². The second kappa shape index (κ2) is 7.26. The van der Waals surface area contributed by atoms with Crippen molar-refractivity contribution in [1.29, 1.82) is 0 Å². The number of aryl methyl sites for hydroxylation is 2. The first-order valence-corrected chi connectivity index (χ1v) is 9.49. The smallest absolute Gasteiger partial charge is 0.261 e. The number of nitrogens with one attached hydrogen (secondary N) is 1. The van der Waals surface area contributed by atoms with Crippen LogP contribution in [0, 0.1) is 20.8 Å². The van der Waals surface area contributed by atoms with E-state index in [1.54, 1.807) is 6.92 Å². The molecule has 0 saturated heterocycles. The maximum absolute atomic E-state index is 12.8. The van der Waals surface area contributed by atoms with E-state index in [-0.39, 0.29) is 17.6 Å². The highest BCUT2D eigenvalue weighted by Crippen LogP contribution is 2.39. The summed E-state index contributed by atoms with van der Waals surface area (Å²) < 4.78 is 12.1. The van der Waals surface area contributed by atoms with Gasteiger partial charge in [0.2, 0.25) is 0 Å². The van der Waals surface area contributed by atoms with Crippen molar-refractivity contribution in [2.24, 2.45) is 0 Å². The minimum atomic E-state index is -0.581.